The van der Waals surface area contributed by atoms with Crippen LogP contribution in [-0.2, 0) is 17.5 Å². The van der Waals surface area contributed by atoms with Gasteiger partial charge in [-0.15, -0.1) is 5.10 Å². The third kappa shape index (κ3) is 5.59. The number of piperazine rings is 1. The van der Waals surface area contributed by atoms with Crippen molar-refractivity contribution in [2.75, 3.05) is 51.9 Å². The average Bonchev–Trinajstić information content (AvgIpc) is 3.40. The third-order valence-corrected chi connectivity index (χ3v) is 6.90. The molecule has 0 spiro atoms. The summed E-state index contributed by atoms with van der Waals surface area (Å²) in [4.78, 5) is 20.3. The first-order valence-electron chi connectivity index (χ1n) is 12.4. The summed E-state index contributed by atoms with van der Waals surface area (Å²) in [6.45, 7) is 2.60. The van der Waals surface area contributed by atoms with Crippen molar-refractivity contribution in [1.82, 2.24) is 30.1 Å². The number of methoxy groups -OCH3 is 2. The SMILES string of the molecule is COCCn1nnnc1C(c1cc2cc(OC)ccc2[nH]c1=O)N1CCN(c2cccc(C(F)(F)F)c2)CC1. The van der Waals surface area contributed by atoms with Crippen molar-refractivity contribution in [3.63, 3.8) is 0 Å². The highest BCUT2D eigenvalue weighted by atomic mass is 19.4. The van der Waals surface area contributed by atoms with E-state index in [0.717, 1.165) is 11.5 Å². The largest absolute Gasteiger partial charge is 0.497 e. The Bertz CT molecular complexity index is 1500. The van der Waals surface area contributed by atoms with Crippen LogP contribution in [0.3, 0.4) is 0 Å². The highest BCUT2D eigenvalue weighted by molar-refractivity contribution is 5.80. The number of nitrogens with zero attached hydrogens (tertiary/aromatic N) is 6. The summed E-state index contributed by atoms with van der Waals surface area (Å²) in [7, 11) is 3.15. The number of anilines is 1. The van der Waals surface area contributed by atoms with Gasteiger partial charge in [0, 0.05) is 55.4 Å². The van der Waals surface area contributed by atoms with Crippen LogP contribution in [0.2, 0.25) is 0 Å². The van der Waals surface area contributed by atoms with E-state index in [-0.39, 0.29) is 5.56 Å². The van der Waals surface area contributed by atoms with E-state index in [2.05, 4.69) is 25.4 Å². The molecule has 2 aromatic heterocycles. The Hall–Kier alpha value is -3.97. The molecule has 1 unspecified atom stereocenters. The maximum atomic E-state index is 13.4. The van der Waals surface area contributed by atoms with Gasteiger partial charge in [-0.25, -0.2) is 4.68 Å². The average molecular weight is 544 g/mol. The van der Waals surface area contributed by atoms with Crippen LogP contribution >= 0.6 is 0 Å². The molecule has 1 saturated heterocycles. The Labute approximate surface area is 221 Å². The van der Waals surface area contributed by atoms with Gasteiger partial charge >= 0.3 is 6.18 Å². The number of nitrogens with one attached hydrogen (secondary N) is 1. The van der Waals surface area contributed by atoms with Crippen molar-refractivity contribution < 1.29 is 22.6 Å². The van der Waals surface area contributed by atoms with Gasteiger partial charge < -0.3 is 19.4 Å². The summed E-state index contributed by atoms with van der Waals surface area (Å²) in [6.07, 6.45) is -4.41. The lowest BCUT2D eigenvalue weighted by Gasteiger charge is -2.39. The first-order chi connectivity index (χ1) is 18.8. The molecule has 39 heavy (non-hydrogen) atoms. The zero-order valence-corrected chi connectivity index (χ0v) is 21.5. The molecule has 10 nitrogen and oxygen atoms in total. The second kappa shape index (κ2) is 11.0. The molecule has 13 heteroatoms. The van der Waals surface area contributed by atoms with E-state index in [1.165, 1.54) is 12.1 Å². The number of aromatic amines is 1. The second-order valence-corrected chi connectivity index (χ2v) is 9.23. The number of H-pyrrole nitrogens is 1. The Morgan fingerprint density at radius 2 is 1.85 bits per heavy atom. The lowest BCUT2D eigenvalue weighted by atomic mass is 10.0. The van der Waals surface area contributed by atoms with Gasteiger partial charge in [-0.2, -0.15) is 13.2 Å². The van der Waals surface area contributed by atoms with Crippen LogP contribution in [0.5, 0.6) is 5.75 Å². The standard InChI is InChI=1S/C26H28F3N7O3/c1-38-13-12-36-24(31-32-33-36)23(21-15-17-14-20(39-2)6-7-22(17)30-25(21)37)35-10-8-34(9-11-35)19-5-3-4-18(16-19)26(27,28)29/h3-7,14-16,23H,8-13H2,1-2H3,(H,30,37). The van der Waals surface area contributed by atoms with Gasteiger partial charge in [0.05, 0.1) is 25.8 Å². The van der Waals surface area contributed by atoms with Crippen LogP contribution in [0.4, 0.5) is 18.9 Å². The van der Waals surface area contributed by atoms with E-state index >= 15 is 0 Å². The number of tetrazole rings is 1. The van der Waals surface area contributed by atoms with Gasteiger partial charge in [0.25, 0.3) is 5.56 Å². The molecule has 0 amide bonds. The first kappa shape index (κ1) is 26.6. The Kier molecular flexibility index (Phi) is 7.53. The van der Waals surface area contributed by atoms with E-state index in [1.807, 2.05) is 17.0 Å². The maximum Gasteiger partial charge on any atom is 0.416 e. The number of rotatable bonds is 8. The Morgan fingerprint density at radius 1 is 1.05 bits per heavy atom. The fraction of sp³-hybridized carbons (Fsp3) is 0.385. The molecule has 1 N–H and O–H groups in total. The minimum atomic E-state index is -4.41. The molecule has 5 rings (SSSR count). The maximum absolute atomic E-state index is 13.4. The van der Waals surface area contributed by atoms with Gasteiger partial charge in [-0.1, -0.05) is 6.07 Å². The van der Waals surface area contributed by atoms with Crippen molar-refractivity contribution in [2.45, 2.75) is 18.8 Å². The van der Waals surface area contributed by atoms with Gasteiger partial charge in [-0.05, 0) is 52.9 Å². The second-order valence-electron chi connectivity index (χ2n) is 9.23. The lowest BCUT2D eigenvalue weighted by Crippen LogP contribution is -2.49. The van der Waals surface area contributed by atoms with E-state index in [9.17, 15) is 18.0 Å². The number of alkyl halides is 3. The number of halogens is 3. The molecule has 0 aliphatic carbocycles. The van der Waals surface area contributed by atoms with Gasteiger partial charge in [-0.3, -0.25) is 9.69 Å². The molecule has 206 valence electrons. The molecule has 1 aliphatic heterocycles. The van der Waals surface area contributed by atoms with Crippen molar-refractivity contribution in [2.24, 2.45) is 0 Å². The summed E-state index contributed by atoms with van der Waals surface area (Å²) < 4.78 is 52.0. The van der Waals surface area contributed by atoms with Crippen molar-refractivity contribution in [3.8, 4) is 5.75 Å². The van der Waals surface area contributed by atoms with Crippen LogP contribution in [0.15, 0.2) is 53.3 Å². The predicted molar refractivity (Wildman–Crippen MR) is 138 cm³/mol. The van der Waals surface area contributed by atoms with Gasteiger partial charge in [0.1, 0.15) is 11.8 Å². The number of fused-ring (bicyclic) bond motifs is 1. The van der Waals surface area contributed by atoms with E-state index < -0.39 is 17.8 Å². The molecule has 1 aliphatic rings. The Morgan fingerprint density at radius 3 is 2.56 bits per heavy atom. The topological polar surface area (TPSA) is 101 Å². The summed E-state index contributed by atoms with van der Waals surface area (Å²) >= 11 is 0. The van der Waals surface area contributed by atoms with Crippen molar-refractivity contribution in [1.29, 1.82) is 0 Å². The molecule has 1 fully saturated rings. The van der Waals surface area contributed by atoms with Gasteiger partial charge in [0.15, 0.2) is 5.82 Å². The number of pyridine rings is 1. The summed E-state index contributed by atoms with van der Waals surface area (Å²) in [5.41, 5.74) is 0.657. The number of aromatic nitrogens is 5. The number of benzene rings is 2. The van der Waals surface area contributed by atoms with E-state index in [4.69, 9.17) is 9.47 Å². The minimum absolute atomic E-state index is 0.278. The molecule has 0 bridgehead atoms. The number of hydrogen-bond donors (Lipinski definition) is 1. The summed E-state index contributed by atoms with van der Waals surface area (Å²) in [6, 6.07) is 11.9. The highest BCUT2D eigenvalue weighted by Gasteiger charge is 2.34. The molecule has 3 heterocycles. The van der Waals surface area contributed by atoms with Gasteiger partial charge in [0.2, 0.25) is 0 Å². The fourth-order valence-electron chi connectivity index (χ4n) is 4.89. The zero-order chi connectivity index (χ0) is 27.6. The Balaban J connectivity index is 1.49. The summed E-state index contributed by atoms with van der Waals surface area (Å²) in [5.74, 6) is 1.13. The zero-order valence-electron chi connectivity index (χ0n) is 21.5. The smallest absolute Gasteiger partial charge is 0.416 e. The van der Waals surface area contributed by atoms with Crippen LogP contribution in [-0.4, -0.2) is 77.1 Å². The number of ether oxygens (including phenoxy) is 2. The predicted octanol–water partition coefficient (Wildman–Crippen LogP) is 3.10. The molecule has 0 saturated carbocycles. The highest BCUT2D eigenvalue weighted by Crippen LogP contribution is 2.33. The number of hydrogen-bond acceptors (Lipinski definition) is 8. The molecular weight excluding hydrogens is 515 g/mol. The van der Waals surface area contributed by atoms with E-state index in [1.54, 1.807) is 37.1 Å². The third-order valence-electron chi connectivity index (χ3n) is 6.90. The van der Waals surface area contributed by atoms with Crippen molar-refractivity contribution >= 4 is 16.6 Å². The first-order valence-corrected chi connectivity index (χ1v) is 12.4. The van der Waals surface area contributed by atoms with Crippen LogP contribution < -0.4 is 15.2 Å². The minimum Gasteiger partial charge on any atom is -0.497 e. The van der Waals surface area contributed by atoms with Crippen LogP contribution in [0.25, 0.3) is 10.9 Å². The molecule has 1 atom stereocenters. The van der Waals surface area contributed by atoms with Crippen LogP contribution in [0, 0.1) is 0 Å². The normalized spacial score (nSPS) is 15.6. The summed E-state index contributed by atoms with van der Waals surface area (Å²) in [5, 5.41) is 13.0. The lowest BCUT2D eigenvalue weighted by molar-refractivity contribution is -0.137. The molecular formula is C26H28F3N7O3. The molecule has 0 radical (unpaired) electrons. The monoisotopic (exact) mass is 543 g/mol. The van der Waals surface area contributed by atoms with E-state index in [0.29, 0.717) is 67.7 Å². The van der Waals surface area contributed by atoms with Crippen molar-refractivity contribution in [3.05, 3.63) is 75.8 Å². The fourth-order valence-corrected chi connectivity index (χ4v) is 4.89. The molecule has 2 aromatic carbocycles. The molecule has 4 aromatic rings. The quantitative estimate of drug-likeness (QED) is 0.362. The van der Waals surface area contributed by atoms with Crippen LogP contribution in [0.1, 0.15) is 23.0 Å².